The van der Waals surface area contributed by atoms with Gasteiger partial charge in [-0.15, -0.1) is 11.3 Å². The van der Waals surface area contributed by atoms with Crippen LogP contribution in [-0.2, 0) is 11.4 Å². The summed E-state index contributed by atoms with van der Waals surface area (Å²) in [5, 5.41) is 6.09. The lowest BCUT2D eigenvalue weighted by Crippen LogP contribution is -2.41. The Bertz CT molecular complexity index is 1090. The highest BCUT2D eigenvalue weighted by molar-refractivity contribution is 7.13. The number of hydrogen-bond acceptors (Lipinski definition) is 5. The Balaban J connectivity index is 1.34. The van der Waals surface area contributed by atoms with E-state index in [0.717, 1.165) is 11.3 Å². The van der Waals surface area contributed by atoms with E-state index < -0.39 is 0 Å². The monoisotopic (exact) mass is 469 g/mol. The average Bonchev–Trinajstić information content (AvgIpc) is 3.23. The number of likely N-dealkylation sites (tertiary alicyclic amines) is 1. The molecule has 1 N–H and O–H groups in total. The van der Waals surface area contributed by atoms with Crippen LogP contribution in [0.3, 0.4) is 0 Å². The number of nitrogens with zero attached hydrogens (tertiary/aromatic N) is 2. The molecule has 1 fully saturated rings. The Hall–Kier alpha value is -2.90. The maximum atomic E-state index is 13.2. The fourth-order valence-corrected chi connectivity index (χ4v) is 4.46. The van der Waals surface area contributed by atoms with E-state index in [9.17, 15) is 9.59 Å². The average molecular weight is 470 g/mol. The van der Waals surface area contributed by atoms with E-state index in [0.29, 0.717) is 54.0 Å². The molecule has 1 aromatic heterocycles. The number of amides is 2. The van der Waals surface area contributed by atoms with Gasteiger partial charge in [-0.25, -0.2) is 4.98 Å². The maximum Gasteiger partial charge on any atom is 0.257 e. The third-order valence-corrected chi connectivity index (χ3v) is 6.55. The number of aromatic nitrogens is 1. The zero-order chi connectivity index (χ0) is 22.5. The minimum Gasteiger partial charge on any atom is -0.488 e. The number of para-hydroxylation sites is 1. The van der Waals surface area contributed by atoms with Crippen molar-refractivity contribution in [1.82, 2.24) is 9.88 Å². The number of rotatable bonds is 6. The number of nitrogens with one attached hydrogen (secondary N) is 1. The minimum absolute atomic E-state index is 0.0295. The van der Waals surface area contributed by atoms with Crippen molar-refractivity contribution in [2.75, 3.05) is 18.4 Å². The number of carbonyl (C=O) groups excluding carboxylic acids is 2. The molecular weight excluding hydrogens is 446 g/mol. The summed E-state index contributed by atoms with van der Waals surface area (Å²) in [6, 6.07) is 14.7. The van der Waals surface area contributed by atoms with E-state index in [1.54, 1.807) is 17.0 Å². The topological polar surface area (TPSA) is 71.5 Å². The van der Waals surface area contributed by atoms with E-state index in [1.165, 1.54) is 11.3 Å². The SMILES string of the molecule is Cc1csc(NC(=O)C2CCN(C(=O)c3ccccc3OCc3ccc(Cl)cc3)CC2)n1. The Morgan fingerprint density at radius 2 is 1.88 bits per heavy atom. The van der Waals surface area contributed by atoms with Crippen LogP contribution in [0.15, 0.2) is 53.9 Å². The van der Waals surface area contributed by atoms with Crippen LogP contribution in [-0.4, -0.2) is 34.8 Å². The summed E-state index contributed by atoms with van der Waals surface area (Å²) in [7, 11) is 0. The smallest absolute Gasteiger partial charge is 0.257 e. The lowest BCUT2D eigenvalue weighted by atomic mass is 9.95. The van der Waals surface area contributed by atoms with E-state index in [2.05, 4.69) is 10.3 Å². The highest BCUT2D eigenvalue weighted by atomic mass is 35.5. The van der Waals surface area contributed by atoms with Gasteiger partial charge in [0.05, 0.1) is 11.3 Å². The fraction of sp³-hybridized carbons (Fsp3) is 0.292. The number of halogens is 1. The first-order valence-electron chi connectivity index (χ1n) is 10.5. The second-order valence-electron chi connectivity index (χ2n) is 7.76. The zero-order valence-corrected chi connectivity index (χ0v) is 19.3. The van der Waals surface area contributed by atoms with Crippen LogP contribution in [0, 0.1) is 12.8 Å². The van der Waals surface area contributed by atoms with Crippen LogP contribution >= 0.6 is 22.9 Å². The fourth-order valence-electron chi connectivity index (χ4n) is 3.64. The van der Waals surface area contributed by atoms with Crippen molar-refractivity contribution in [2.24, 2.45) is 5.92 Å². The molecule has 0 atom stereocenters. The Labute approximate surface area is 196 Å². The van der Waals surface area contributed by atoms with Gasteiger partial charge < -0.3 is 15.0 Å². The summed E-state index contributed by atoms with van der Waals surface area (Å²) < 4.78 is 5.94. The molecule has 6 nitrogen and oxygen atoms in total. The van der Waals surface area contributed by atoms with Gasteiger partial charge in [-0.2, -0.15) is 0 Å². The van der Waals surface area contributed by atoms with E-state index in [4.69, 9.17) is 16.3 Å². The number of anilines is 1. The molecule has 0 unspecified atom stereocenters. The molecule has 1 aliphatic rings. The van der Waals surface area contributed by atoms with Gasteiger partial charge in [0.1, 0.15) is 12.4 Å². The molecule has 2 aromatic carbocycles. The molecule has 3 aromatic rings. The summed E-state index contributed by atoms with van der Waals surface area (Å²) in [5.41, 5.74) is 2.39. The van der Waals surface area contributed by atoms with Crippen LogP contribution < -0.4 is 10.1 Å². The summed E-state index contributed by atoms with van der Waals surface area (Å²) in [6.07, 6.45) is 1.24. The Morgan fingerprint density at radius 1 is 1.16 bits per heavy atom. The van der Waals surface area contributed by atoms with Gasteiger partial charge in [0.2, 0.25) is 5.91 Å². The normalized spacial score (nSPS) is 14.2. The predicted octanol–water partition coefficient (Wildman–Crippen LogP) is 5.17. The molecule has 0 spiro atoms. The molecule has 1 saturated heterocycles. The first kappa shape index (κ1) is 22.3. The lowest BCUT2D eigenvalue weighted by molar-refractivity contribution is -0.121. The molecule has 1 aliphatic heterocycles. The Morgan fingerprint density at radius 3 is 2.56 bits per heavy atom. The van der Waals surface area contributed by atoms with Gasteiger partial charge in [0.25, 0.3) is 5.91 Å². The number of aryl methyl sites for hydroxylation is 1. The number of piperidine rings is 1. The Kier molecular flexibility index (Phi) is 7.07. The summed E-state index contributed by atoms with van der Waals surface area (Å²) in [5.74, 6) is 0.315. The summed E-state index contributed by atoms with van der Waals surface area (Å²) in [6.45, 7) is 3.30. The third kappa shape index (κ3) is 5.47. The second-order valence-corrected chi connectivity index (χ2v) is 9.06. The highest BCUT2D eigenvalue weighted by Gasteiger charge is 2.29. The van der Waals surface area contributed by atoms with E-state index >= 15 is 0 Å². The molecule has 0 bridgehead atoms. The van der Waals surface area contributed by atoms with E-state index in [1.807, 2.05) is 48.7 Å². The standard InChI is InChI=1S/C24H24ClN3O3S/c1-16-15-32-24(26-16)27-22(29)18-10-12-28(13-11-18)23(30)20-4-2-3-5-21(20)31-14-17-6-8-19(25)9-7-17/h2-9,15,18H,10-14H2,1H3,(H,26,27,29). The van der Waals surface area contributed by atoms with Crippen molar-refractivity contribution in [3.05, 3.63) is 75.8 Å². The number of benzene rings is 2. The highest BCUT2D eigenvalue weighted by Crippen LogP contribution is 2.26. The largest absolute Gasteiger partial charge is 0.488 e. The zero-order valence-electron chi connectivity index (χ0n) is 17.7. The lowest BCUT2D eigenvalue weighted by Gasteiger charge is -2.31. The van der Waals surface area contributed by atoms with Crippen LogP contribution in [0.2, 0.25) is 5.02 Å². The quantitative estimate of drug-likeness (QED) is 0.540. The maximum absolute atomic E-state index is 13.2. The molecule has 0 aliphatic carbocycles. The number of ether oxygens (including phenoxy) is 1. The second kappa shape index (κ2) is 10.1. The number of thiazole rings is 1. The van der Waals surface area contributed by atoms with Gasteiger partial charge >= 0.3 is 0 Å². The van der Waals surface area contributed by atoms with Gasteiger partial charge in [-0.1, -0.05) is 35.9 Å². The number of carbonyl (C=O) groups is 2. The van der Waals surface area contributed by atoms with Gasteiger partial charge in [0, 0.05) is 29.4 Å². The van der Waals surface area contributed by atoms with Gasteiger partial charge in [0.15, 0.2) is 5.13 Å². The molecule has 166 valence electrons. The molecule has 8 heteroatoms. The molecule has 32 heavy (non-hydrogen) atoms. The minimum atomic E-state index is -0.125. The predicted molar refractivity (Wildman–Crippen MR) is 126 cm³/mol. The van der Waals surface area contributed by atoms with Crippen LogP contribution in [0.4, 0.5) is 5.13 Å². The molecule has 0 saturated carbocycles. The van der Waals surface area contributed by atoms with E-state index in [-0.39, 0.29) is 17.7 Å². The number of hydrogen-bond donors (Lipinski definition) is 1. The summed E-state index contributed by atoms with van der Waals surface area (Å²) >= 11 is 7.36. The summed E-state index contributed by atoms with van der Waals surface area (Å²) in [4.78, 5) is 31.8. The molecular formula is C24H24ClN3O3S. The van der Waals surface area contributed by atoms with Crippen molar-refractivity contribution in [3.8, 4) is 5.75 Å². The van der Waals surface area contributed by atoms with Crippen molar-refractivity contribution < 1.29 is 14.3 Å². The van der Waals surface area contributed by atoms with Crippen molar-refractivity contribution in [1.29, 1.82) is 0 Å². The van der Waals surface area contributed by atoms with Crippen molar-refractivity contribution in [2.45, 2.75) is 26.4 Å². The van der Waals surface area contributed by atoms with Gasteiger partial charge in [-0.05, 0) is 49.6 Å². The van der Waals surface area contributed by atoms with Crippen LogP contribution in [0.5, 0.6) is 5.75 Å². The van der Waals surface area contributed by atoms with Crippen LogP contribution in [0.25, 0.3) is 0 Å². The van der Waals surface area contributed by atoms with Crippen molar-refractivity contribution in [3.63, 3.8) is 0 Å². The molecule has 4 rings (SSSR count). The van der Waals surface area contributed by atoms with Crippen LogP contribution in [0.1, 0.15) is 34.5 Å². The van der Waals surface area contributed by atoms with Gasteiger partial charge in [-0.3, -0.25) is 9.59 Å². The van der Waals surface area contributed by atoms with Crippen molar-refractivity contribution >= 4 is 39.9 Å². The molecule has 2 heterocycles. The molecule has 0 radical (unpaired) electrons. The first-order valence-corrected chi connectivity index (χ1v) is 11.7. The third-order valence-electron chi connectivity index (χ3n) is 5.43. The molecule has 2 amide bonds. The first-order chi connectivity index (χ1) is 15.5.